The van der Waals surface area contributed by atoms with Crippen LogP contribution in [0.4, 0.5) is 21.5 Å². The molecule has 19 heavy (non-hydrogen) atoms. The van der Waals surface area contributed by atoms with Gasteiger partial charge in [-0.3, -0.25) is 19.8 Å². The van der Waals surface area contributed by atoms with Gasteiger partial charge in [0, 0.05) is 23.5 Å². The van der Waals surface area contributed by atoms with Gasteiger partial charge in [0.05, 0.1) is 4.92 Å². The second-order valence-corrected chi connectivity index (χ2v) is 3.73. The van der Waals surface area contributed by atoms with E-state index < -0.39 is 10.7 Å². The zero-order valence-electron chi connectivity index (χ0n) is 9.69. The lowest BCUT2D eigenvalue weighted by Gasteiger charge is -2.17. The average molecular weight is 260 g/mol. The Bertz CT molecular complexity index is 596. The SMILES string of the molecule is O=CN(c1ccc(F)cc1)c1ccc([N+](=O)[O-])cc1. The highest BCUT2D eigenvalue weighted by molar-refractivity contribution is 5.86. The van der Waals surface area contributed by atoms with Crippen LogP contribution in [0.15, 0.2) is 48.5 Å². The van der Waals surface area contributed by atoms with E-state index in [1.54, 1.807) is 0 Å². The zero-order chi connectivity index (χ0) is 13.8. The van der Waals surface area contributed by atoms with Gasteiger partial charge in [-0.1, -0.05) is 0 Å². The van der Waals surface area contributed by atoms with Crippen LogP contribution in [0.2, 0.25) is 0 Å². The number of carbonyl (C=O) groups is 1. The maximum atomic E-state index is 12.8. The minimum absolute atomic E-state index is 0.0614. The molecule has 0 radical (unpaired) electrons. The summed E-state index contributed by atoms with van der Waals surface area (Å²) in [7, 11) is 0. The zero-order valence-corrected chi connectivity index (χ0v) is 9.69. The Morgan fingerprint density at radius 3 is 1.89 bits per heavy atom. The predicted octanol–water partition coefficient (Wildman–Crippen LogP) is 3.03. The summed E-state index contributed by atoms with van der Waals surface area (Å²) in [6.45, 7) is 0. The molecule has 2 aromatic carbocycles. The molecule has 5 nitrogen and oxygen atoms in total. The van der Waals surface area contributed by atoms with Gasteiger partial charge < -0.3 is 0 Å². The van der Waals surface area contributed by atoms with Crippen LogP contribution in [-0.2, 0) is 4.79 Å². The molecule has 0 unspecified atom stereocenters. The smallest absolute Gasteiger partial charge is 0.269 e. The highest BCUT2D eigenvalue weighted by atomic mass is 19.1. The molecule has 0 fully saturated rings. The van der Waals surface area contributed by atoms with Crippen molar-refractivity contribution in [2.75, 3.05) is 4.90 Å². The lowest BCUT2D eigenvalue weighted by Crippen LogP contribution is -2.13. The van der Waals surface area contributed by atoms with Gasteiger partial charge in [-0.05, 0) is 36.4 Å². The highest BCUT2D eigenvalue weighted by Crippen LogP contribution is 2.25. The van der Waals surface area contributed by atoms with Crippen molar-refractivity contribution in [2.45, 2.75) is 0 Å². The van der Waals surface area contributed by atoms with Gasteiger partial charge in [-0.15, -0.1) is 0 Å². The molecule has 0 heterocycles. The van der Waals surface area contributed by atoms with Crippen LogP contribution in [0.5, 0.6) is 0 Å². The minimum atomic E-state index is -0.521. The van der Waals surface area contributed by atoms with Gasteiger partial charge in [0.2, 0.25) is 6.41 Å². The molecule has 2 aromatic rings. The molecule has 0 bridgehead atoms. The predicted molar refractivity (Wildman–Crippen MR) is 67.7 cm³/mol. The average Bonchev–Trinajstić information content (AvgIpc) is 2.42. The Morgan fingerprint density at radius 2 is 1.47 bits per heavy atom. The number of hydrogen-bond donors (Lipinski definition) is 0. The first kappa shape index (κ1) is 12.7. The number of non-ortho nitro benzene ring substituents is 1. The number of benzene rings is 2. The molecule has 0 aliphatic carbocycles. The first-order chi connectivity index (χ1) is 9.11. The fraction of sp³-hybridized carbons (Fsp3) is 0. The van der Waals surface area contributed by atoms with Crippen molar-refractivity contribution in [3.8, 4) is 0 Å². The first-order valence-corrected chi connectivity index (χ1v) is 5.36. The molecule has 0 N–H and O–H groups in total. The van der Waals surface area contributed by atoms with Gasteiger partial charge in [0.25, 0.3) is 5.69 Å². The lowest BCUT2D eigenvalue weighted by molar-refractivity contribution is -0.384. The maximum Gasteiger partial charge on any atom is 0.269 e. The Labute approximate surface area is 108 Å². The first-order valence-electron chi connectivity index (χ1n) is 5.36. The van der Waals surface area contributed by atoms with E-state index in [1.807, 2.05) is 0 Å². The third-order valence-corrected chi connectivity index (χ3v) is 2.55. The topological polar surface area (TPSA) is 63.5 Å². The molecular weight excluding hydrogens is 251 g/mol. The Balaban J connectivity index is 2.34. The Kier molecular flexibility index (Phi) is 3.51. The van der Waals surface area contributed by atoms with Crippen LogP contribution in [-0.4, -0.2) is 11.3 Å². The van der Waals surface area contributed by atoms with Crippen LogP contribution < -0.4 is 4.90 Å². The highest BCUT2D eigenvalue weighted by Gasteiger charge is 2.10. The second kappa shape index (κ2) is 5.26. The maximum absolute atomic E-state index is 12.8. The van der Waals surface area contributed by atoms with E-state index in [0.29, 0.717) is 17.8 Å². The summed E-state index contributed by atoms with van der Waals surface area (Å²) in [5.74, 6) is -0.404. The molecule has 0 aromatic heterocycles. The van der Waals surface area contributed by atoms with Gasteiger partial charge in [0.15, 0.2) is 0 Å². The van der Waals surface area contributed by atoms with E-state index in [9.17, 15) is 19.3 Å². The van der Waals surface area contributed by atoms with Gasteiger partial charge in [0.1, 0.15) is 5.82 Å². The minimum Gasteiger partial charge on any atom is -0.284 e. The van der Waals surface area contributed by atoms with Crippen LogP contribution in [0.1, 0.15) is 0 Å². The van der Waals surface area contributed by atoms with Crippen molar-refractivity contribution in [3.05, 3.63) is 64.5 Å². The van der Waals surface area contributed by atoms with Crippen molar-refractivity contribution in [1.29, 1.82) is 0 Å². The quantitative estimate of drug-likeness (QED) is 0.482. The summed E-state index contributed by atoms with van der Waals surface area (Å²) in [5.41, 5.74) is 0.881. The molecule has 0 spiro atoms. The van der Waals surface area contributed by atoms with E-state index in [0.717, 1.165) is 0 Å². The number of carbonyl (C=O) groups excluding carboxylic acids is 1. The van der Waals surface area contributed by atoms with Crippen molar-refractivity contribution in [1.82, 2.24) is 0 Å². The fourth-order valence-electron chi connectivity index (χ4n) is 1.61. The van der Waals surface area contributed by atoms with Crippen molar-refractivity contribution in [2.24, 2.45) is 0 Å². The third kappa shape index (κ3) is 2.74. The normalized spacial score (nSPS) is 9.95. The van der Waals surface area contributed by atoms with E-state index >= 15 is 0 Å². The molecule has 6 heteroatoms. The monoisotopic (exact) mass is 260 g/mol. The number of anilines is 2. The number of hydrogen-bond acceptors (Lipinski definition) is 3. The van der Waals surface area contributed by atoms with Crippen molar-refractivity contribution < 1.29 is 14.1 Å². The number of halogens is 1. The number of amides is 1. The lowest BCUT2D eigenvalue weighted by atomic mass is 10.2. The van der Waals surface area contributed by atoms with E-state index in [1.165, 1.54) is 53.4 Å². The molecule has 0 atom stereocenters. The molecular formula is C13H9FN2O3. The number of nitrogens with zero attached hydrogens (tertiary/aromatic N) is 2. The van der Waals surface area contributed by atoms with E-state index in [4.69, 9.17) is 0 Å². The summed E-state index contributed by atoms with van der Waals surface area (Å²) in [6.07, 6.45) is 0.564. The fourth-order valence-corrected chi connectivity index (χ4v) is 1.61. The summed E-state index contributed by atoms with van der Waals surface area (Å²) < 4.78 is 12.8. The summed E-state index contributed by atoms with van der Waals surface area (Å²) in [5, 5.41) is 10.5. The van der Waals surface area contributed by atoms with E-state index in [-0.39, 0.29) is 5.69 Å². The van der Waals surface area contributed by atoms with Crippen LogP contribution in [0.3, 0.4) is 0 Å². The largest absolute Gasteiger partial charge is 0.284 e. The molecule has 0 saturated carbocycles. The number of nitro benzene ring substituents is 1. The van der Waals surface area contributed by atoms with Crippen LogP contribution in [0, 0.1) is 15.9 Å². The standard InChI is InChI=1S/C13H9FN2O3/c14-10-1-3-11(4-2-10)15(9-17)12-5-7-13(8-6-12)16(18)19/h1-9H. The summed E-state index contributed by atoms with van der Waals surface area (Å²) in [6, 6.07) is 10.9. The molecule has 0 saturated heterocycles. The molecule has 0 aliphatic heterocycles. The molecule has 1 amide bonds. The summed E-state index contributed by atoms with van der Waals surface area (Å²) >= 11 is 0. The van der Waals surface area contributed by atoms with Crippen molar-refractivity contribution in [3.63, 3.8) is 0 Å². The third-order valence-electron chi connectivity index (χ3n) is 2.55. The second-order valence-electron chi connectivity index (χ2n) is 3.73. The number of nitro groups is 1. The number of rotatable bonds is 4. The molecule has 2 rings (SSSR count). The molecule has 0 aliphatic rings. The van der Waals surface area contributed by atoms with Gasteiger partial charge >= 0.3 is 0 Å². The van der Waals surface area contributed by atoms with Crippen LogP contribution >= 0.6 is 0 Å². The van der Waals surface area contributed by atoms with Crippen LogP contribution in [0.25, 0.3) is 0 Å². The Morgan fingerprint density at radius 1 is 1.00 bits per heavy atom. The van der Waals surface area contributed by atoms with Crippen molar-refractivity contribution >= 4 is 23.5 Å². The summed E-state index contributed by atoms with van der Waals surface area (Å²) in [4.78, 5) is 22.4. The van der Waals surface area contributed by atoms with Gasteiger partial charge in [-0.2, -0.15) is 0 Å². The van der Waals surface area contributed by atoms with E-state index in [2.05, 4.69) is 0 Å². The molecule has 96 valence electrons. The van der Waals surface area contributed by atoms with Gasteiger partial charge in [-0.25, -0.2) is 4.39 Å². The Hall–Kier alpha value is -2.76.